The second-order valence-corrected chi connectivity index (χ2v) is 6.09. The van der Waals surface area contributed by atoms with Gasteiger partial charge in [-0.05, 0) is 34.1 Å². The molecule has 0 amide bonds. The van der Waals surface area contributed by atoms with Crippen molar-refractivity contribution in [1.29, 1.82) is 0 Å². The van der Waals surface area contributed by atoms with Crippen LogP contribution in [0.1, 0.15) is 5.01 Å². The number of halogens is 2. The van der Waals surface area contributed by atoms with Crippen LogP contribution in [0.5, 0.6) is 0 Å². The fourth-order valence-corrected chi connectivity index (χ4v) is 2.73. The zero-order chi connectivity index (χ0) is 14.1. The van der Waals surface area contributed by atoms with Gasteiger partial charge in [0.05, 0.1) is 5.02 Å². The van der Waals surface area contributed by atoms with Gasteiger partial charge in [-0.15, -0.1) is 11.3 Å². The Kier molecular flexibility index (Phi) is 3.84. The molecule has 0 aliphatic rings. The van der Waals surface area contributed by atoms with Crippen molar-refractivity contribution in [3.8, 4) is 23.0 Å². The van der Waals surface area contributed by atoms with Gasteiger partial charge in [0.25, 0.3) is 5.89 Å². The monoisotopic (exact) mass is 370 g/mol. The van der Waals surface area contributed by atoms with E-state index in [4.69, 9.17) is 21.9 Å². The second-order valence-electron chi connectivity index (χ2n) is 3.88. The Bertz CT molecular complexity index is 758. The van der Waals surface area contributed by atoms with Crippen molar-refractivity contribution in [3.63, 3.8) is 0 Å². The topological polar surface area (TPSA) is 77.8 Å². The first-order valence-corrected chi connectivity index (χ1v) is 7.66. The summed E-state index contributed by atoms with van der Waals surface area (Å²) in [5, 5.41) is 7.25. The van der Waals surface area contributed by atoms with Crippen LogP contribution in [-0.2, 0) is 6.54 Å². The van der Waals surface area contributed by atoms with Gasteiger partial charge in [-0.3, -0.25) is 0 Å². The van der Waals surface area contributed by atoms with Crippen LogP contribution in [0.3, 0.4) is 0 Å². The molecule has 5 nitrogen and oxygen atoms in total. The molecule has 0 aliphatic heterocycles. The molecule has 0 radical (unpaired) electrons. The fourth-order valence-electron chi connectivity index (χ4n) is 1.58. The Morgan fingerprint density at radius 3 is 2.90 bits per heavy atom. The minimum absolute atomic E-state index is 0.377. The number of thiazole rings is 1. The average Bonchev–Trinajstić information content (AvgIpc) is 3.09. The van der Waals surface area contributed by atoms with E-state index in [9.17, 15) is 0 Å². The maximum Gasteiger partial charge on any atom is 0.277 e. The van der Waals surface area contributed by atoms with Gasteiger partial charge in [0.15, 0.2) is 0 Å². The Labute approximate surface area is 131 Å². The van der Waals surface area contributed by atoms with E-state index in [1.165, 1.54) is 11.3 Å². The minimum Gasteiger partial charge on any atom is -0.332 e. The van der Waals surface area contributed by atoms with Gasteiger partial charge in [-0.25, -0.2) is 4.98 Å². The van der Waals surface area contributed by atoms with Crippen LogP contribution in [-0.4, -0.2) is 15.1 Å². The molecule has 1 aromatic carbocycles. The smallest absolute Gasteiger partial charge is 0.277 e. The van der Waals surface area contributed by atoms with Crippen molar-refractivity contribution in [1.82, 2.24) is 15.1 Å². The quantitative estimate of drug-likeness (QED) is 0.759. The number of nitrogens with zero attached hydrogens (tertiary/aromatic N) is 3. The molecule has 2 heterocycles. The summed E-state index contributed by atoms with van der Waals surface area (Å²) in [5.41, 5.74) is 6.98. The van der Waals surface area contributed by atoms with Crippen molar-refractivity contribution >= 4 is 38.9 Å². The zero-order valence-corrected chi connectivity index (χ0v) is 13.2. The molecule has 0 fully saturated rings. The largest absolute Gasteiger partial charge is 0.332 e. The van der Waals surface area contributed by atoms with Gasteiger partial charge in [0.1, 0.15) is 10.7 Å². The number of hydrogen-bond acceptors (Lipinski definition) is 6. The van der Waals surface area contributed by atoms with Gasteiger partial charge in [-0.2, -0.15) is 4.98 Å². The Hall–Kier alpha value is -1.28. The van der Waals surface area contributed by atoms with E-state index in [1.807, 2.05) is 17.5 Å². The maximum absolute atomic E-state index is 5.96. The Morgan fingerprint density at radius 1 is 1.35 bits per heavy atom. The predicted octanol–water partition coefficient (Wildman–Crippen LogP) is 3.73. The van der Waals surface area contributed by atoms with Gasteiger partial charge in [0.2, 0.25) is 5.82 Å². The highest BCUT2D eigenvalue weighted by molar-refractivity contribution is 9.10. The third-order valence-electron chi connectivity index (χ3n) is 2.55. The van der Waals surface area contributed by atoms with Crippen LogP contribution in [0.15, 0.2) is 32.6 Å². The molecular weight excluding hydrogens is 364 g/mol. The van der Waals surface area contributed by atoms with Crippen molar-refractivity contribution in [2.45, 2.75) is 6.54 Å². The molecule has 0 atom stereocenters. The van der Waals surface area contributed by atoms with Gasteiger partial charge >= 0.3 is 0 Å². The first kappa shape index (κ1) is 13.7. The summed E-state index contributed by atoms with van der Waals surface area (Å²) in [4.78, 5) is 8.64. The minimum atomic E-state index is 0.377. The van der Waals surface area contributed by atoms with Crippen LogP contribution >= 0.6 is 38.9 Å². The highest BCUT2D eigenvalue weighted by atomic mass is 79.9. The van der Waals surface area contributed by atoms with Gasteiger partial charge < -0.3 is 10.3 Å². The summed E-state index contributed by atoms with van der Waals surface area (Å²) in [6.07, 6.45) is 0. The summed E-state index contributed by atoms with van der Waals surface area (Å²) in [7, 11) is 0. The van der Waals surface area contributed by atoms with E-state index < -0.39 is 0 Å². The lowest BCUT2D eigenvalue weighted by Gasteiger charge is -1.97. The van der Waals surface area contributed by atoms with Crippen LogP contribution in [0.4, 0.5) is 0 Å². The number of nitrogens with two attached hydrogens (primary N) is 1. The molecule has 3 rings (SSSR count). The van der Waals surface area contributed by atoms with E-state index in [0.717, 1.165) is 15.0 Å². The lowest BCUT2D eigenvalue weighted by Crippen LogP contribution is -1.94. The molecular formula is C12H8BrClN4OS. The van der Waals surface area contributed by atoms with E-state index >= 15 is 0 Å². The maximum atomic E-state index is 5.96. The fraction of sp³-hybridized carbons (Fsp3) is 0.0833. The molecule has 20 heavy (non-hydrogen) atoms. The summed E-state index contributed by atoms with van der Waals surface area (Å²) < 4.78 is 6.01. The molecule has 3 aromatic rings. The molecule has 0 saturated carbocycles. The molecule has 0 bridgehead atoms. The number of rotatable bonds is 3. The summed E-state index contributed by atoms with van der Waals surface area (Å²) in [6, 6.07) is 5.43. The molecule has 8 heteroatoms. The molecule has 0 unspecified atom stereocenters. The normalized spacial score (nSPS) is 10.9. The molecule has 0 spiro atoms. The van der Waals surface area contributed by atoms with Crippen molar-refractivity contribution < 1.29 is 4.52 Å². The zero-order valence-electron chi connectivity index (χ0n) is 10.0. The second kappa shape index (κ2) is 5.61. The third kappa shape index (κ3) is 2.62. The third-order valence-corrected chi connectivity index (χ3v) is 4.63. The molecule has 2 aromatic heterocycles. The van der Waals surface area contributed by atoms with Crippen LogP contribution in [0, 0.1) is 0 Å². The highest BCUT2D eigenvalue weighted by Crippen LogP contribution is 2.29. The Balaban J connectivity index is 1.95. The summed E-state index contributed by atoms with van der Waals surface area (Å²) in [6.45, 7) is 0.399. The predicted molar refractivity (Wildman–Crippen MR) is 81.4 cm³/mol. The van der Waals surface area contributed by atoms with Crippen molar-refractivity contribution in [2.75, 3.05) is 0 Å². The van der Waals surface area contributed by atoms with E-state index in [0.29, 0.717) is 29.0 Å². The highest BCUT2D eigenvalue weighted by Gasteiger charge is 2.14. The molecule has 0 saturated heterocycles. The molecule has 102 valence electrons. The van der Waals surface area contributed by atoms with Crippen molar-refractivity contribution in [3.05, 3.63) is 38.1 Å². The summed E-state index contributed by atoms with van der Waals surface area (Å²) >= 11 is 10.8. The standard InChI is InChI=1S/C12H8BrClN4OS/c13-7-3-6(1-2-8(7)14)11-17-12(19-18-11)9-5-20-10(4-15)16-9/h1-3,5H,4,15H2. The lowest BCUT2D eigenvalue weighted by atomic mass is 10.2. The SMILES string of the molecule is NCc1nc(-c2nc(-c3ccc(Cl)c(Br)c3)no2)cs1. The van der Waals surface area contributed by atoms with Crippen LogP contribution < -0.4 is 5.73 Å². The van der Waals surface area contributed by atoms with E-state index in [1.54, 1.807) is 6.07 Å². The number of hydrogen-bond donors (Lipinski definition) is 1. The van der Waals surface area contributed by atoms with E-state index in [2.05, 4.69) is 31.1 Å². The van der Waals surface area contributed by atoms with Crippen molar-refractivity contribution in [2.24, 2.45) is 5.73 Å². The lowest BCUT2D eigenvalue weighted by molar-refractivity contribution is 0.431. The molecule has 2 N–H and O–H groups in total. The molecule has 0 aliphatic carbocycles. The Morgan fingerprint density at radius 2 is 2.20 bits per heavy atom. The number of benzene rings is 1. The number of aromatic nitrogens is 3. The van der Waals surface area contributed by atoms with Crippen LogP contribution in [0.2, 0.25) is 5.02 Å². The van der Waals surface area contributed by atoms with Gasteiger partial charge in [0, 0.05) is 22.0 Å². The van der Waals surface area contributed by atoms with E-state index in [-0.39, 0.29) is 0 Å². The summed E-state index contributed by atoms with van der Waals surface area (Å²) in [5.74, 6) is 0.863. The van der Waals surface area contributed by atoms with Crippen LogP contribution in [0.25, 0.3) is 23.0 Å². The first-order chi connectivity index (χ1) is 9.67. The first-order valence-electron chi connectivity index (χ1n) is 5.61. The van der Waals surface area contributed by atoms with Gasteiger partial charge in [-0.1, -0.05) is 16.8 Å². The average molecular weight is 372 g/mol.